The van der Waals surface area contributed by atoms with Gasteiger partial charge < -0.3 is 14.9 Å². The summed E-state index contributed by atoms with van der Waals surface area (Å²) in [6.07, 6.45) is 0.318. The molecule has 0 saturated heterocycles. The summed E-state index contributed by atoms with van der Waals surface area (Å²) in [6.45, 7) is 1.53. The fourth-order valence-electron chi connectivity index (χ4n) is 1.61. The van der Waals surface area contributed by atoms with Crippen LogP contribution in [0.4, 0.5) is 18.9 Å². The van der Waals surface area contributed by atoms with Crippen molar-refractivity contribution >= 4 is 11.6 Å². The van der Waals surface area contributed by atoms with E-state index in [1.807, 2.05) is 4.98 Å². The number of nitrogens with zero attached hydrogens (tertiary/aromatic N) is 2. The maximum atomic E-state index is 12.6. The first kappa shape index (κ1) is 14.8. The third kappa shape index (κ3) is 3.30. The maximum absolute atomic E-state index is 12.6. The number of aromatic nitrogens is 3. The van der Waals surface area contributed by atoms with Gasteiger partial charge in [-0.3, -0.25) is 9.59 Å². The number of hydrogen-bond donors (Lipinski definition) is 2. The maximum Gasteiger partial charge on any atom is 0.417 e. The summed E-state index contributed by atoms with van der Waals surface area (Å²) >= 11 is 0. The van der Waals surface area contributed by atoms with Crippen LogP contribution in [0.3, 0.4) is 0 Å². The van der Waals surface area contributed by atoms with Gasteiger partial charge in [0.05, 0.1) is 11.9 Å². The van der Waals surface area contributed by atoms with Gasteiger partial charge in [0, 0.05) is 18.6 Å². The van der Waals surface area contributed by atoms with Gasteiger partial charge in [0.15, 0.2) is 0 Å². The lowest BCUT2D eigenvalue weighted by molar-refractivity contribution is -0.137. The minimum atomic E-state index is -4.61. The van der Waals surface area contributed by atoms with E-state index in [9.17, 15) is 22.8 Å². The molecule has 112 valence electrons. The molecule has 0 fully saturated rings. The van der Waals surface area contributed by atoms with Crippen LogP contribution in [-0.2, 0) is 11.0 Å². The van der Waals surface area contributed by atoms with E-state index in [4.69, 9.17) is 0 Å². The molecule has 0 radical (unpaired) electrons. The Bertz CT molecular complexity index is 691. The summed E-state index contributed by atoms with van der Waals surface area (Å²) in [7, 11) is 0. The number of alkyl halides is 3. The van der Waals surface area contributed by atoms with E-state index in [-0.39, 0.29) is 0 Å². The highest BCUT2D eigenvalue weighted by molar-refractivity contribution is 5.93. The van der Waals surface area contributed by atoms with Crippen molar-refractivity contribution in [3.63, 3.8) is 0 Å². The number of aromatic amines is 1. The molecule has 1 atom stereocenters. The first-order valence-corrected chi connectivity index (χ1v) is 5.87. The molecule has 2 aromatic rings. The van der Waals surface area contributed by atoms with E-state index in [2.05, 4.69) is 10.3 Å². The van der Waals surface area contributed by atoms with Crippen LogP contribution in [0.2, 0.25) is 0 Å². The average molecular weight is 300 g/mol. The molecular formula is C12H11F3N4O2. The van der Waals surface area contributed by atoms with Crippen LogP contribution in [0, 0.1) is 0 Å². The Morgan fingerprint density at radius 2 is 2.19 bits per heavy atom. The second-order valence-corrected chi connectivity index (χ2v) is 4.30. The number of H-pyrrole nitrogens is 1. The van der Waals surface area contributed by atoms with Crippen molar-refractivity contribution in [3.05, 3.63) is 46.9 Å². The predicted octanol–water partition coefficient (Wildman–Crippen LogP) is 1.79. The molecule has 0 bridgehead atoms. The highest BCUT2D eigenvalue weighted by Gasteiger charge is 2.31. The van der Waals surface area contributed by atoms with E-state index in [0.29, 0.717) is 12.3 Å². The SMILES string of the molecule is C[C@@H](C(=O)Nc1cc(C(F)(F)F)c[nH]c1=O)n1ccnc1. The molecule has 0 aliphatic carbocycles. The summed E-state index contributed by atoms with van der Waals surface area (Å²) in [5, 5.41) is 2.18. The molecule has 0 saturated carbocycles. The van der Waals surface area contributed by atoms with E-state index in [0.717, 1.165) is 0 Å². The van der Waals surface area contributed by atoms with Crippen molar-refractivity contribution < 1.29 is 18.0 Å². The molecule has 0 aliphatic heterocycles. The minimum Gasteiger partial charge on any atom is -0.327 e. The van der Waals surface area contributed by atoms with Gasteiger partial charge in [-0.25, -0.2) is 4.98 Å². The number of hydrogen-bond acceptors (Lipinski definition) is 3. The number of amides is 1. The van der Waals surface area contributed by atoms with Crippen LogP contribution < -0.4 is 10.9 Å². The van der Waals surface area contributed by atoms with E-state index >= 15 is 0 Å². The zero-order chi connectivity index (χ0) is 15.6. The Kier molecular flexibility index (Phi) is 3.83. The van der Waals surface area contributed by atoms with E-state index < -0.39 is 34.9 Å². The Morgan fingerprint density at radius 1 is 1.48 bits per heavy atom. The van der Waals surface area contributed by atoms with Crippen LogP contribution in [0.5, 0.6) is 0 Å². The molecule has 2 heterocycles. The molecule has 2 N–H and O–H groups in total. The molecule has 21 heavy (non-hydrogen) atoms. The quantitative estimate of drug-likeness (QED) is 0.907. The van der Waals surface area contributed by atoms with E-state index in [1.54, 1.807) is 0 Å². The average Bonchev–Trinajstić information content (AvgIpc) is 2.92. The zero-order valence-corrected chi connectivity index (χ0v) is 10.8. The Hall–Kier alpha value is -2.58. The first-order chi connectivity index (χ1) is 9.79. The standard InChI is InChI=1S/C12H11F3N4O2/c1-7(19-3-2-16-6-19)10(20)18-9-4-8(12(13,14)15)5-17-11(9)21/h2-7H,1H3,(H,17,21)(H,18,20)/t7-/m0/s1. The molecular weight excluding hydrogens is 289 g/mol. The number of carbonyl (C=O) groups is 1. The van der Waals surface area contributed by atoms with Gasteiger partial charge in [-0.05, 0) is 13.0 Å². The summed E-state index contributed by atoms with van der Waals surface area (Å²) in [5.41, 5.74) is -2.32. The van der Waals surface area contributed by atoms with Crippen LogP contribution in [0.1, 0.15) is 18.5 Å². The summed E-state index contributed by atoms with van der Waals surface area (Å²) in [5.74, 6) is -0.627. The third-order valence-corrected chi connectivity index (χ3v) is 2.84. The molecule has 1 amide bonds. The highest BCUT2D eigenvalue weighted by Crippen LogP contribution is 2.29. The molecule has 2 aromatic heterocycles. The lowest BCUT2D eigenvalue weighted by Gasteiger charge is -2.14. The van der Waals surface area contributed by atoms with Crippen molar-refractivity contribution in [2.24, 2.45) is 0 Å². The van der Waals surface area contributed by atoms with Gasteiger partial charge >= 0.3 is 6.18 Å². The summed E-state index contributed by atoms with van der Waals surface area (Å²) < 4.78 is 39.2. The minimum absolute atomic E-state index is 0.457. The fourth-order valence-corrected chi connectivity index (χ4v) is 1.61. The number of halogens is 3. The number of imidazole rings is 1. The number of pyridine rings is 1. The van der Waals surface area contributed by atoms with Crippen LogP contribution >= 0.6 is 0 Å². The van der Waals surface area contributed by atoms with Crippen LogP contribution in [0.15, 0.2) is 35.8 Å². The Morgan fingerprint density at radius 3 is 2.76 bits per heavy atom. The third-order valence-electron chi connectivity index (χ3n) is 2.84. The normalized spacial score (nSPS) is 13.0. The van der Waals surface area contributed by atoms with Gasteiger partial charge in [0.2, 0.25) is 5.91 Å². The van der Waals surface area contributed by atoms with Gasteiger partial charge in [-0.2, -0.15) is 13.2 Å². The largest absolute Gasteiger partial charge is 0.417 e. The van der Waals surface area contributed by atoms with Crippen molar-refractivity contribution in [1.29, 1.82) is 0 Å². The smallest absolute Gasteiger partial charge is 0.327 e. The molecule has 2 rings (SSSR count). The molecule has 6 nitrogen and oxygen atoms in total. The molecule has 0 unspecified atom stereocenters. The lowest BCUT2D eigenvalue weighted by Crippen LogP contribution is -2.27. The number of nitrogens with one attached hydrogen (secondary N) is 2. The van der Waals surface area contributed by atoms with Crippen LogP contribution in [0.25, 0.3) is 0 Å². The van der Waals surface area contributed by atoms with Crippen molar-refractivity contribution in [2.45, 2.75) is 19.1 Å². The Balaban J connectivity index is 2.23. The predicted molar refractivity (Wildman–Crippen MR) is 67.6 cm³/mol. The van der Waals surface area contributed by atoms with E-state index in [1.165, 1.54) is 30.2 Å². The van der Waals surface area contributed by atoms with Gasteiger partial charge in [0.25, 0.3) is 5.56 Å². The molecule has 0 aromatic carbocycles. The van der Waals surface area contributed by atoms with Gasteiger partial charge in [-0.1, -0.05) is 0 Å². The Labute approximate surface area is 116 Å². The van der Waals surface area contributed by atoms with Crippen molar-refractivity contribution in [2.75, 3.05) is 5.32 Å². The van der Waals surface area contributed by atoms with Gasteiger partial charge in [-0.15, -0.1) is 0 Å². The monoisotopic (exact) mass is 300 g/mol. The molecule has 0 aliphatic rings. The zero-order valence-electron chi connectivity index (χ0n) is 10.8. The number of rotatable bonds is 3. The second-order valence-electron chi connectivity index (χ2n) is 4.30. The van der Waals surface area contributed by atoms with Crippen LogP contribution in [-0.4, -0.2) is 20.4 Å². The lowest BCUT2D eigenvalue weighted by atomic mass is 10.2. The van der Waals surface area contributed by atoms with Crippen molar-refractivity contribution in [3.8, 4) is 0 Å². The fraction of sp³-hybridized carbons (Fsp3) is 0.250. The number of carbonyl (C=O) groups excluding carboxylic acids is 1. The molecule has 9 heteroatoms. The summed E-state index contributed by atoms with van der Waals surface area (Å²) in [6, 6.07) is -0.126. The first-order valence-electron chi connectivity index (χ1n) is 5.87. The number of anilines is 1. The molecule has 0 spiro atoms. The second kappa shape index (κ2) is 5.43. The highest BCUT2D eigenvalue weighted by atomic mass is 19.4. The summed E-state index contributed by atoms with van der Waals surface area (Å²) in [4.78, 5) is 29.1. The topological polar surface area (TPSA) is 79.8 Å². The van der Waals surface area contributed by atoms with Crippen molar-refractivity contribution in [1.82, 2.24) is 14.5 Å². The van der Waals surface area contributed by atoms with Gasteiger partial charge in [0.1, 0.15) is 11.7 Å².